The molecule has 16 heavy (non-hydrogen) atoms. The smallest absolute Gasteiger partial charge is 0.316 e. The molecule has 1 fully saturated rings. The number of hydrogen-bond donors (Lipinski definition) is 0. The monoisotopic (exact) mass is 217 g/mol. The molecule has 1 aromatic rings. The molecule has 0 aliphatic carbocycles. The van der Waals surface area contributed by atoms with Crippen molar-refractivity contribution >= 4 is 17.5 Å². The molecular weight excluding hydrogens is 206 g/mol. The summed E-state index contributed by atoms with van der Waals surface area (Å²) in [5.41, 5.74) is 0.807. The Labute approximate surface area is 92.4 Å². The number of amides is 1. The first-order valence-electron chi connectivity index (χ1n) is 5.43. The van der Waals surface area contributed by atoms with E-state index in [1.54, 1.807) is 6.20 Å². The second kappa shape index (κ2) is 3.62. The van der Waals surface area contributed by atoms with Crippen LogP contribution in [0.5, 0.6) is 0 Å². The number of nitrogens with zero attached hydrogens (tertiary/aromatic N) is 5. The van der Waals surface area contributed by atoms with Gasteiger partial charge in [0, 0.05) is 13.1 Å². The Kier molecular flexibility index (Phi) is 2.12. The fourth-order valence-electron chi connectivity index (χ4n) is 1.99. The molecule has 0 N–H and O–H groups in total. The Balaban J connectivity index is 1.92. The molecule has 1 aromatic heterocycles. The van der Waals surface area contributed by atoms with Gasteiger partial charge in [0.1, 0.15) is 5.69 Å². The second-order valence-corrected chi connectivity index (χ2v) is 3.96. The largest absolute Gasteiger partial charge is 0.341 e. The van der Waals surface area contributed by atoms with Gasteiger partial charge in [0.15, 0.2) is 5.69 Å². The van der Waals surface area contributed by atoms with Gasteiger partial charge < -0.3 is 4.90 Å². The Morgan fingerprint density at radius 3 is 2.75 bits per heavy atom. The van der Waals surface area contributed by atoms with Crippen molar-refractivity contribution in [3.8, 4) is 0 Å². The number of aromatic nitrogens is 2. The van der Waals surface area contributed by atoms with Gasteiger partial charge in [0.05, 0.1) is 6.20 Å². The van der Waals surface area contributed by atoms with Gasteiger partial charge in [0.25, 0.3) is 0 Å². The minimum atomic E-state index is -0.365. The van der Waals surface area contributed by atoms with E-state index in [-0.39, 0.29) is 5.91 Å². The van der Waals surface area contributed by atoms with E-state index in [4.69, 9.17) is 0 Å². The Bertz CT molecular complexity index is 464. The number of piperidine rings is 1. The van der Waals surface area contributed by atoms with Crippen LogP contribution in [-0.2, 0) is 0 Å². The van der Waals surface area contributed by atoms with Crippen LogP contribution < -0.4 is 4.90 Å². The zero-order chi connectivity index (χ0) is 11.0. The van der Waals surface area contributed by atoms with Crippen LogP contribution in [-0.4, -0.2) is 29.0 Å². The number of carbonyl (C=O) groups is 1. The average molecular weight is 217 g/mol. The molecule has 6 nitrogen and oxygen atoms in total. The van der Waals surface area contributed by atoms with Crippen molar-refractivity contribution in [2.24, 2.45) is 10.2 Å². The molecular formula is C10H11N5O. The fraction of sp³-hybridized carbons (Fsp3) is 0.500. The lowest BCUT2D eigenvalue weighted by molar-refractivity contribution is 0.0998. The molecule has 0 unspecified atom stereocenters. The minimum absolute atomic E-state index is 0.329. The molecule has 82 valence electrons. The van der Waals surface area contributed by atoms with Crippen LogP contribution >= 0.6 is 0 Å². The molecule has 0 saturated carbocycles. The van der Waals surface area contributed by atoms with Gasteiger partial charge in [-0.15, -0.1) is 10.2 Å². The van der Waals surface area contributed by atoms with E-state index >= 15 is 0 Å². The Morgan fingerprint density at radius 1 is 1.12 bits per heavy atom. The van der Waals surface area contributed by atoms with E-state index in [1.165, 1.54) is 6.42 Å². The first kappa shape index (κ1) is 9.38. The molecule has 2 aliphatic heterocycles. The molecule has 2 aliphatic rings. The van der Waals surface area contributed by atoms with E-state index in [0.717, 1.165) is 25.9 Å². The van der Waals surface area contributed by atoms with Gasteiger partial charge in [-0.05, 0) is 19.3 Å². The molecule has 1 amide bonds. The summed E-state index contributed by atoms with van der Waals surface area (Å²) in [7, 11) is 0. The van der Waals surface area contributed by atoms with Crippen molar-refractivity contribution < 1.29 is 4.79 Å². The summed E-state index contributed by atoms with van der Waals surface area (Å²) in [4.78, 5) is 21.9. The lowest BCUT2D eigenvalue weighted by atomic mass is 10.1. The second-order valence-electron chi connectivity index (χ2n) is 3.96. The number of azo groups is 1. The zero-order valence-electron chi connectivity index (χ0n) is 8.76. The highest BCUT2D eigenvalue weighted by atomic mass is 16.2. The third-order valence-electron chi connectivity index (χ3n) is 2.85. The topological polar surface area (TPSA) is 70.8 Å². The minimum Gasteiger partial charge on any atom is -0.341 e. The Morgan fingerprint density at radius 2 is 1.94 bits per heavy atom. The predicted molar refractivity (Wildman–Crippen MR) is 56.9 cm³/mol. The third-order valence-corrected chi connectivity index (χ3v) is 2.85. The molecule has 0 spiro atoms. The molecule has 1 saturated heterocycles. The molecule has 0 radical (unpaired) electrons. The summed E-state index contributed by atoms with van der Waals surface area (Å²) >= 11 is 0. The van der Waals surface area contributed by atoms with Crippen LogP contribution in [0.1, 0.15) is 29.8 Å². The van der Waals surface area contributed by atoms with Crippen LogP contribution in [0.3, 0.4) is 0 Å². The SMILES string of the molecule is O=C1N=Nc2cnc(N3CCCCC3)nc21. The van der Waals surface area contributed by atoms with E-state index in [0.29, 0.717) is 17.3 Å². The van der Waals surface area contributed by atoms with Crippen molar-refractivity contribution in [3.63, 3.8) is 0 Å². The van der Waals surface area contributed by atoms with Gasteiger partial charge in [-0.3, -0.25) is 4.79 Å². The highest BCUT2D eigenvalue weighted by Gasteiger charge is 2.22. The summed E-state index contributed by atoms with van der Waals surface area (Å²) in [5.74, 6) is 0.259. The molecule has 0 atom stereocenters. The Hall–Kier alpha value is -1.85. The van der Waals surface area contributed by atoms with Crippen LogP contribution in [0, 0.1) is 0 Å². The van der Waals surface area contributed by atoms with Crippen molar-refractivity contribution in [2.45, 2.75) is 19.3 Å². The first-order valence-corrected chi connectivity index (χ1v) is 5.43. The predicted octanol–water partition coefficient (Wildman–Crippen LogP) is 1.70. The van der Waals surface area contributed by atoms with Crippen molar-refractivity contribution in [2.75, 3.05) is 18.0 Å². The van der Waals surface area contributed by atoms with Gasteiger partial charge in [-0.25, -0.2) is 9.97 Å². The maximum absolute atomic E-state index is 11.3. The summed E-state index contributed by atoms with van der Waals surface area (Å²) in [6.07, 6.45) is 5.14. The molecule has 3 heterocycles. The number of rotatable bonds is 1. The maximum atomic E-state index is 11.3. The standard InChI is InChI=1S/C10H11N5O/c16-9-8-7(13-14-9)6-11-10(12-8)15-4-2-1-3-5-15/h6H,1-5H2. The number of fused-ring (bicyclic) bond motifs is 1. The summed E-state index contributed by atoms with van der Waals surface area (Å²) < 4.78 is 0. The number of anilines is 1. The number of hydrogen-bond acceptors (Lipinski definition) is 5. The first-order chi connectivity index (χ1) is 7.84. The normalized spacial score (nSPS) is 19.0. The number of carbonyl (C=O) groups excluding carboxylic acids is 1. The summed E-state index contributed by atoms with van der Waals surface area (Å²) in [5, 5.41) is 7.15. The molecule has 0 bridgehead atoms. The summed E-state index contributed by atoms with van der Waals surface area (Å²) in [6, 6.07) is 0. The highest BCUT2D eigenvalue weighted by Crippen LogP contribution is 2.26. The van der Waals surface area contributed by atoms with Crippen LogP contribution in [0.2, 0.25) is 0 Å². The van der Waals surface area contributed by atoms with Crippen LogP contribution in [0.15, 0.2) is 16.4 Å². The van der Waals surface area contributed by atoms with E-state index in [2.05, 4.69) is 25.1 Å². The van der Waals surface area contributed by atoms with E-state index in [1.807, 2.05) is 0 Å². The van der Waals surface area contributed by atoms with Gasteiger partial charge >= 0.3 is 5.91 Å². The van der Waals surface area contributed by atoms with Crippen molar-refractivity contribution in [1.82, 2.24) is 9.97 Å². The quantitative estimate of drug-likeness (QED) is 0.717. The van der Waals surface area contributed by atoms with Crippen molar-refractivity contribution in [3.05, 3.63) is 11.9 Å². The zero-order valence-corrected chi connectivity index (χ0v) is 8.76. The van der Waals surface area contributed by atoms with Crippen LogP contribution in [0.25, 0.3) is 0 Å². The van der Waals surface area contributed by atoms with E-state index in [9.17, 15) is 4.79 Å². The van der Waals surface area contributed by atoms with Crippen molar-refractivity contribution in [1.29, 1.82) is 0 Å². The summed E-state index contributed by atoms with van der Waals surface area (Å²) in [6.45, 7) is 1.92. The average Bonchev–Trinajstić information content (AvgIpc) is 2.72. The van der Waals surface area contributed by atoms with Crippen LogP contribution in [0.4, 0.5) is 11.6 Å². The van der Waals surface area contributed by atoms with Gasteiger partial charge in [-0.2, -0.15) is 0 Å². The maximum Gasteiger partial charge on any atom is 0.316 e. The molecule has 0 aromatic carbocycles. The molecule has 3 rings (SSSR count). The lowest BCUT2D eigenvalue weighted by Gasteiger charge is -2.26. The third kappa shape index (κ3) is 1.46. The highest BCUT2D eigenvalue weighted by molar-refractivity contribution is 5.99. The molecule has 6 heteroatoms. The van der Waals surface area contributed by atoms with Gasteiger partial charge in [0.2, 0.25) is 5.95 Å². The van der Waals surface area contributed by atoms with Gasteiger partial charge in [-0.1, -0.05) is 0 Å². The lowest BCUT2D eigenvalue weighted by Crippen LogP contribution is -2.31. The fourth-order valence-corrected chi connectivity index (χ4v) is 1.99. The van der Waals surface area contributed by atoms with E-state index < -0.39 is 0 Å².